The first-order chi connectivity index (χ1) is 10.8. The molecule has 120 valence electrons. The van der Waals surface area contributed by atoms with Crippen molar-refractivity contribution < 1.29 is 14.3 Å². The van der Waals surface area contributed by atoms with Gasteiger partial charge in [-0.25, -0.2) is 13.9 Å². The van der Waals surface area contributed by atoms with E-state index in [2.05, 4.69) is 25.9 Å². The number of benzene rings is 1. The highest BCUT2D eigenvalue weighted by Crippen LogP contribution is 2.68. The lowest BCUT2D eigenvalue weighted by Crippen LogP contribution is -2.33. The highest BCUT2D eigenvalue weighted by Gasteiger charge is 2.63. The summed E-state index contributed by atoms with van der Waals surface area (Å²) in [5.74, 6) is -1.10. The number of fused-ring (bicyclic) bond motifs is 5. The minimum Gasteiger partial charge on any atom is -0.476 e. The number of carboxylic acids is 1. The Bertz CT molecular complexity index is 822. The van der Waals surface area contributed by atoms with Crippen LogP contribution >= 0.6 is 0 Å². The van der Waals surface area contributed by atoms with Gasteiger partial charge in [0, 0.05) is 11.0 Å². The predicted octanol–water partition coefficient (Wildman–Crippen LogP) is 3.88. The summed E-state index contributed by atoms with van der Waals surface area (Å²) in [7, 11) is 0. The third-order valence-electron chi connectivity index (χ3n) is 6.29. The van der Waals surface area contributed by atoms with Crippen LogP contribution in [0.1, 0.15) is 61.3 Å². The van der Waals surface area contributed by atoms with E-state index in [9.17, 15) is 14.3 Å². The second-order valence-electron chi connectivity index (χ2n) is 7.45. The number of hydrogen-bond donors (Lipinski definition) is 1. The average Bonchev–Trinajstić information content (AvgIpc) is 3.03. The molecule has 1 saturated carbocycles. The number of carboxylic acid groups (broad SMARTS) is 1. The molecule has 0 aliphatic heterocycles. The van der Waals surface area contributed by atoms with E-state index >= 15 is 0 Å². The van der Waals surface area contributed by atoms with E-state index in [1.165, 1.54) is 12.1 Å². The standard InChI is InChI=1S/C18H19FN2O2/c1-17(2)12-8-9-18(17,3)15-13(12)14(16(22)23)20-21(15)11-6-4-10(19)5-7-11/h4-7,12H,8-9H2,1-3H3,(H,22,23)/t12-,18+/m0/s1. The van der Waals surface area contributed by atoms with Crippen molar-refractivity contribution in [2.45, 2.75) is 44.9 Å². The minimum atomic E-state index is -0.992. The molecule has 0 amide bonds. The van der Waals surface area contributed by atoms with Gasteiger partial charge in [-0.15, -0.1) is 0 Å². The Morgan fingerprint density at radius 1 is 1.30 bits per heavy atom. The number of aromatic nitrogens is 2. The number of hydrogen-bond acceptors (Lipinski definition) is 2. The Hall–Kier alpha value is -2.17. The fourth-order valence-corrected chi connectivity index (χ4v) is 4.65. The van der Waals surface area contributed by atoms with Crippen molar-refractivity contribution in [1.29, 1.82) is 0 Å². The van der Waals surface area contributed by atoms with E-state index in [1.54, 1.807) is 16.8 Å². The normalized spacial score (nSPS) is 27.2. The molecule has 1 heterocycles. The van der Waals surface area contributed by atoms with Crippen molar-refractivity contribution in [2.24, 2.45) is 5.41 Å². The smallest absolute Gasteiger partial charge is 0.356 e. The summed E-state index contributed by atoms with van der Waals surface area (Å²) in [5, 5.41) is 14.0. The predicted molar refractivity (Wildman–Crippen MR) is 83.6 cm³/mol. The van der Waals surface area contributed by atoms with Gasteiger partial charge in [0.1, 0.15) is 5.82 Å². The zero-order valence-corrected chi connectivity index (χ0v) is 13.4. The van der Waals surface area contributed by atoms with E-state index in [4.69, 9.17) is 0 Å². The molecule has 0 radical (unpaired) electrons. The first-order valence-corrected chi connectivity index (χ1v) is 7.90. The third kappa shape index (κ3) is 1.60. The number of rotatable bonds is 2. The maximum absolute atomic E-state index is 13.2. The Morgan fingerprint density at radius 2 is 1.96 bits per heavy atom. The zero-order valence-electron chi connectivity index (χ0n) is 13.4. The summed E-state index contributed by atoms with van der Waals surface area (Å²) < 4.78 is 15.0. The van der Waals surface area contributed by atoms with Crippen molar-refractivity contribution >= 4 is 5.97 Å². The lowest BCUT2D eigenvalue weighted by molar-refractivity contribution is 0.0687. The van der Waals surface area contributed by atoms with E-state index in [0.717, 1.165) is 24.1 Å². The van der Waals surface area contributed by atoms with Crippen LogP contribution in [0.25, 0.3) is 5.69 Å². The Kier molecular flexibility index (Phi) is 2.64. The molecule has 4 nitrogen and oxygen atoms in total. The van der Waals surface area contributed by atoms with Crippen molar-refractivity contribution in [1.82, 2.24) is 9.78 Å². The molecule has 0 saturated heterocycles. The van der Waals surface area contributed by atoms with Crippen molar-refractivity contribution in [3.63, 3.8) is 0 Å². The van der Waals surface area contributed by atoms with Crippen LogP contribution in [0.3, 0.4) is 0 Å². The van der Waals surface area contributed by atoms with Gasteiger partial charge in [0.2, 0.25) is 0 Å². The molecule has 1 aromatic heterocycles. The molecule has 1 N–H and O–H groups in total. The van der Waals surface area contributed by atoms with Crippen LogP contribution in [0.15, 0.2) is 24.3 Å². The first-order valence-electron chi connectivity index (χ1n) is 7.90. The summed E-state index contributed by atoms with van der Waals surface area (Å²) in [6.07, 6.45) is 2.01. The van der Waals surface area contributed by atoms with Gasteiger partial charge in [0.05, 0.1) is 11.4 Å². The highest BCUT2D eigenvalue weighted by atomic mass is 19.1. The van der Waals surface area contributed by atoms with Crippen LogP contribution in [-0.2, 0) is 5.41 Å². The fraction of sp³-hybridized carbons (Fsp3) is 0.444. The second-order valence-corrected chi connectivity index (χ2v) is 7.45. The molecule has 1 fully saturated rings. The molecular weight excluding hydrogens is 295 g/mol. The Balaban J connectivity index is 2.02. The number of aromatic carboxylic acids is 1. The summed E-state index contributed by atoms with van der Waals surface area (Å²) >= 11 is 0. The van der Waals surface area contributed by atoms with Crippen LogP contribution in [0.5, 0.6) is 0 Å². The van der Waals surface area contributed by atoms with E-state index < -0.39 is 5.97 Å². The SMILES string of the molecule is CC1(C)[C@H]2CC[C@]1(C)c1c2c(C(=O)O)nn1-c1ccc(F)cc1. The Morgan fingerprint density at radius 3 is 2.57 bits per heavy atom. The van der Waals surface area contributed by atoms with Crippen LogP contribution in [0.4, 0.5) is 4.39 Å². The highest BCUT2D eigenvalue weighted by molar-refractivity contribution is 5.88. The van der Waals surface area contributed by atoms with E-state index in [0.29, 0.717) is 5.69 Å². The molecule has 5 heteroatoms. The molecule has 2 aromatic rings. The van der Waals surface area contributed by atoms with Gasteiger partial charge in [0.15, 0.2) is 5.69 Å². The maximum atomic E-state index is 13.2. The van der Waals surface area contributed by atoms with Gasteiger partial charge in [-0.2, -0.15) is 5.10 Å². The summed E-state index contributed by atoms with van der Waals surface area (Å²) in [5.41, 5.74) is 2.59. The third-order valence-corrected chi connectivity index (χ3v) is 6.29. The number of halogens is 1. The largest absolute Gasteiger partial charge is 0.476 e. The molecular formula is C18H19FN2O2. The van der Waals surface area contributed by atoms with Crippen molar-refractivity contribution in [2.75, 3.05) is 0 Å². The average molecular weight is 314 g/mol. The molecule has 2 bridgehead atoms. The summed E-state index contributed by atoms with van der Waals surface area (Å²) in [6, 6.07) is 6.06. The topological polar surface area (TPSA) is 55.1 Å². The van der Waals surface area contributed by atoms with Gasteiger partial charge in [-0.3, -0.25) is 0 Å². The second kappa shape index (κ2) is 4.22. The van der Waals surface area contributed by atoms with Crippen LogP contribution in [-0.4, -0.2) is 20.9 Å². The van der Waals surface area contributed by atoms with Gasteiger partial charge < -0.3 is 5.11 Å². The lowest BCUT2D eigenvalue weighted by Gasteiger charge is -2.35. The molecule has 2 atom stereocenters. The number of nitrogens with zero attached hydrogens (tertiary/aromatic N) is 2. The molecule has 23 heavy (non-hydrogen) atoms. The van der Waals surface area contributed by atoms with Gasteiger partial charge in [0.25, 0.3) is 0 Å². The molecule has 0 spiro atoms. The molecule has 2 aliphatic carbocycles. The molecule has 1 aromatic carbocycles. The number of carbonyl (C=O) groups is 1. The molecule has 2 aliphatic rings. The van der Waals surface area contributed by atoms with Crippen molar-refractivity contribution in [3.8, 4) is 5.69 Å². The van der Waals surface area contributed by atoms with E-state index in [1.807, 2.05) is 0 Å². The maximum Gasteiger partial charge on any atom is 0.356 e. The van der Waals surface area contributed by atoms with E-state index in [-0.39, 0.29) is 28.3 Å². The summed E-state index contributed by atoms with van der Waals surface area (Å²) in [4.78, 5) is 11.7. The quantitative estimate of drug-likeness (QED) is 0.915. The first kappa shape index (κ1) is 14.4. The zero-order chi connectivity index (χ0) is 16.6. The lowest BCUT2D eigenvalue weighted by atomic mass is 9.70. The van der Waals surface area contributed by atoms with Crippen LogP contribution in [0.2, 0.25) is 0 Å². The minimum absolute atomic E-state index is 0.00735. The fourth-order valence-electron chi connectivity index (χ4n) is 4.65. The van der Waals surface area contributed by atoms with Gasteiger partial charge in [-0.05, 0) is 48.4 Å². The molecule has 4 rings (SSSR count). The van der Waals surface area contributed by atoms with Gasteiger partial charge >= 0.3 is 5.97 Å². The van der Waals surface area contributed by atoms with Crippen molar-refractivity contribution in [3.05, 3.63) is 47.0 Å². The summed E-state index contributed by atoms with van der Waals surface area (Å²) in [6.45, 7) is 6.63. The monoisotopic (exact) mass is 314 g/mol. The van der Waals surface area contributed by atoms with Crippen LogP contribution < -0.4 is 0 Å². The Labute approximate surface area is 133 Å². The molecule has 0 unspecified atom stereocenters. The van der Waals surface area contributed by atoms with Gasteiger partial charge in [-0.1, -0.05) is 20.8 Å². The van der Waals surface area contributed by atoms with Crippen LogP contribution in [0, 0.1) is 11.2 Å².